The van der Waals surface area contributed by atoms with Crippen molar-refractivity contribution in [2.75, 3.05) is 0 Å². The second-order valence-electron chi connectivity index (χ2n) is 5.39. The maximum absolute atomic E-state index is 12.1. The fourth-order valence-electron chi connectivity index (χ4n) is 3.85. The SMILES string of the molecule is O=C1C[C@]23CC=CC[C@]2(CCCC3)C(=O)O1. The van der Waals surface area contributed by atoms with E-state index < -0.39 is 0 Å². The summed E-state index contributed by atoms with van der Waals surface area (Å²) in [6.45, 7) is 0. The smallest absolute Gasteiger partial charge is 0.320 e. The van der Waals surface area contributed by atoms with Crippen LogP contribution < -0.4 is 0 Å². The fourth-order valence-corrected chi connectivity index (χ4v) is 3.85. The summed E-state index contributed by atoms with van der Waals surface area (Å²) in [5.41, 5.74) is -0.500. The lowest BCUT2D eigenvalue weighted by Crippen LogP contribution is -2.56. The van der Waals surface area contributed by atoms with Gasteiger partial charge in [0.15, 0.2) is 0 Å². The maximum atomic E-state index is 12.1. The Kier molecular flexibility index (Phi) is 2.00. The minimum Gasteiger partial charge on any atom is -0.393 e. The van der Waals surface area contributed by atoms with E-state index in [1.165, 1.54) is 0 Å². The molecule has 0 aromatic heterocycles. The second-order valence-corrected chi connectivity index (χ2v) is 5.39. The summed E-state index contributed by atoms with van der Waals surface area (Å²) in [4.78, 5) is 23.6. The van der Waals surface area contributed by atoms with Gasteiger partial charge in [-0.1, -0.05) is 25.0 Å². The number of esters is 2. The topological polar surface area (TPSA) is 43.4 Å². The van der Waals surface area contributed by atoms with Gasteiger partial charge in [-0.25, -0.2) is 0 Å². The van der Waals surface area contributed by atoms with Crippen LogP contribution in [0.1, 0.15) is 44.9 Å². The molecule has 0 N–H and O–H groups in total. The Morgan fingerprint density at radius 2 is 1.81 bits per heavy atom. The maximum Gasteiger partial charge on any atom is 0.320 e. The highest BCUT2D eigenvalue weighted by molar-refractivity contribution is 5.93. The van der Waals surface area contributed by atoms with Gasteiger partial charge in [-0.3, -0.25) is 9.59 Å². The van der Waals surface area contributed by atoms with Crippen molar-refractivity contribution in [2.24, 2.45) is 10.8 Å². The van der Waals surface area contributed by atoms with Gasteiger partial charge in [0, 0.05) is 5.41 Å². The first-order chi connectivity index (χ1) is 7.69. The average molecular weight is 220 g/mol. The minimum atomic E-state index is -0.381. The molecule has 0 radical (unpaired) electrons. The number of hydrogen-bond acceptors (Lipinski definition) is 3. The third-order valence-electron chi connectivity index (χ3n) is 4.75. The van der Waals surface area contributed by atoms with Crippen LogP contribution in [0.15, 0.2) is 12.2 Å². The van der Waals surface area contributed by atoms with Gasteiger partial charge in [-0.05, 0) is 25.7 Å². The molecule has 2 fully saturated rings. The predicted octanol–water partition coefficient (Wildman–Crippen LogP) is 2.36. The largest absolute Gasteiger partial charge is 0.393 e. The highest BCUT2D eigenvalue weighted by Crippen LogP contribution is 2.61. The summed E-state index contributed by atoms with van der Waals surface area (Å²) in [7, 11) is 0. The zero-order chi connectivity index (χ0) is 11.2. The normalized spacial score (nSPS) is 42.2. The van der Waals surface area contributed by atoms with E-state index in [1.54, 1.807) is 0 Å². The highest BCUT2D eigenvalue weighted by atomic mass is 16.6. The van der Waals surface area contributed by atoms with E-state index in [2.05, 4.69) is 12.2 Å². The molecule has 86 valence electrons. The van der Waals surface area contributed by atoms with Crippen molar-refractivity contribution in [3.63, 3.8) is 0 Å². The van der Waals surface area contributed by atoms with Crippen LogP contribution in [0.25, 0.3) is 0 Å². The molecular formula is C13H16O3. The summed E-state index contributed by atoms with van der Waals surface area (Å²) in [5, 5.41) is 0. The molecule has 2 aliphatic carbocycles. The molecule has 0 aromatic rings. The zero-order valence-electron chi connectivity index (χ0n) is 9.33. The molecule has 0 spiro atoms. The third kappa shape index (κ3) is 1.09. The molecule has 0 bridgehead atoms. The number of rotatable bonds is 0. The quantitative estimate of drug-likeness (QED) is 0.357. The van der Waals surface area contributed by atoms with E-state index in [0.29, 0.717) is 6.42 Å². The molecule has 1 aliphatic heterocycles. The highest BCUT2D eigenvalue weighted by Gasteiger charge is 2.61. The lowest BCUT2D eigenvalue weighted by molar-refractivity contribution is -0.193. The Bertz CT molecular complexity index is 385. The first-order valence-corrected chi connectivity index (χ1v) is 6.09. The first kappa shape index (κ1) is 10.1. The van der Waals surface area contributed by atoms with E-state index in [9.17, 15) is 9.59 Å². The molecule has 1 saturated carbocycles. The average Bonchev–Trinajstić information content (AvgIpc) is 2.27. The first-order valence-electron chi connectivity index (χ1n) is 6.09. The van der Waals surface area contributed by atoms with Crippen molar-refractivity contribution in [1.29, 1.82) is 0 Å². The second kappa shape index (κ2) is 3.19. The Morgan fingerprint density at radius 3 is 2.69 bits per heavy atom. The molecule has 3 heteroatoms. The lowest BCUT2D eigenvalue weighted by atomic mass is 9.49. The lowest BCUT2D eigenvalue weighted by Gasteiger charge is -2.54. The van der Waals surface area contributed by atoms with Gasteiger partial charge in [-0.15, -0.1) is 0 Å². The van der Waals surface area contributed by atoms with Gasteiger partial charge < -0.3 is 4.74 Å². The summed E-state index contributed by atoms with van der Waals surface area (Å²) < 4.78 is 4.90. The van der Waals surface area contributed by atoms with Gasteiger partial charge in [0.25, 0.3) is 0 Å². The van der Waals surface area contributed by atoms with Crippen molar-refractivity contribution in [3.05, 3.63) is 12.2 Å². The zero-order valence-corrected chi connectivity index (χ0v) is 9.33. The molecule has 1 heterocycles. The summed E-state index contributed by atoms with van der Waals surface area (Å²) >= 11 is 0. The Morgan fingerprint density at radius 1 is 1.06 bits per heavy atom. The molecular weight excluding hydrogens is 204 g/mol. The molecule has 3 rings (SSSR count). The van der Waals surface area contributed by atoms with Crippen LogP contribution in [0, 0.1) is 10.8 Å². The molecule has 0 aromatic carbocycles. The molecule has 1 saturated heterocycles. The number of carbonyl (C=O) groups is 2. The van der Waals surface area contributed by atoms with E-state index in [4.69, 9.17) is 4.74 Å². The Labute approximate surface area is 94.8 Å². The number of cyclic esters (lactones) is 2. The van der Waals surface area contributed by atoms with Crippen molar-refractivity contribution in [1.82, 2.24) is 0 Å². The Hall–Kier alpha value is -1.12. The van der Waals surface area contributed by atoms with E-state index in [1.807, 2.05) is 0 Å². The monoisotopic (exact) mass is 220 g/mol. The molecule has 0 unspecified atom stereocenters. The van der Waals surface area contributed by atoms with Gasteiger partial charge in [0.2, 0.25) is 0 Å². The summed E-state index contributed by atoms with van der Waals surface area (Å²) in [6, 6.07) is 0. The standard InChI is InChI=1S/C13H16O3/c14-10-9-12-5-1-3-7-13(12,11(15)16-10)8-4-2-6-12/h1,3H,2,4-9H2/t12-,13+/m1/s1. The summed E-state index contributed by atoms with van der Waals surface area (Å²) in [6.07, 6.45) is 10.4. The minimum absolute atomic E-state index is 0.119. The predicted molar refractivity (Wildman–Crippen MR) is 57.4 cm³/mol. The third-order valence-corrected chi connectivity index (χ3v) is 4.75. The van der Waals surface area contributed by atoms with Gasteiger partial charge in [0.1, 0.15) is 0 Å². The molecule has 3 aliphatic rings. The summed E-state index contributed by atoms with van der Waals surface area (Å²) in [5.74, 6) is -0.578. The van der Waals surface area contributed by atoms with E-state index in [0.717, 1.165) is 38.5 Å². The molecule has 0 amide bonds. The van der Waals surface area contributed by atoms with Crippen LogP contribution in [0.5, 0.6) is 0 Å². The number of hydrogen-bond donors (Lipinski definition) is 0. The van der Waals surface area contributed by atoms with Crippen molar-refractivity contribution < 1.29 is 14.3 Å². The number of allylic oxidation sites excluding steroid dienone is 2. The molecule has 16 heavy (non-hydrogen) atoms. The molecule has 2 atom stereocenters. The fraction of sp³-hybridized carbons (Fsp3) is 0.692. The van der Waals surface area contributed by atoms with Crippen LogP contribution in [0.3, 0.4) is 0 Å². The van der Waals surface area contributed by atoms with Crippen LogP contribution in [0.2, 0.25) is 0 Å². The van der Waals surface area contributed by atoms with Gasteiger partial charge >= 0.3 is 11.9 Å². The van der Waals surface area contributed by atoms with Crippen LogP contribution in [-0.4, -0.2) is 11.9 Å². The van der Waals surface area contributed by atoms with E-state index in [-0.39, 0.29) is 22.8 Å². The molecule has 3 nitrogen and oxygen atoms in total. The Balaban J connectivity index is 2.10. The van der Waals surface area contributed by atoms with Crippen molar-refractivity contribution in [3.8, 4) is 0 Å². The number of ether oxygens (including phenoxy) is 1. The van der Waals surface area contributed by atoms with Crippen LogP contribution >= 0.6 is 0 Å². The van der Waals surface area contributed by atoms with Crippen LogP contribution in [0.4, 0.5) is 0 Å². The van der Waals surface area contributed by atoms with Crippen molar-refractivity contribution >= 4 is 11.9 Å². The van der Waals surface area contributed by atoms with Crippen LogP contribution in [-0.2, 0) is 14.3 Å². The van der Waals surface area contributed by atoms with Gasteiger partial charge in [-0.2, -0.15) is 0 Å². The van der Waals surface area contributed by atoms with Crippen molar-refractivity contribution in [2.45, 2.75) is 44.9 Å². The number of carbonyl (C=O) groups excluding carboxylic acids is 2. The van der Waals surface area contributed by atoms with Gasteiger partial charge in [0.05, 0.1) is 11.8 Å². The van der Waals surface area contributed by atoms with E-state index >= 15 is 0 Å².